The minimum absolute atomic E-state index is 0.172. The summed E-state index contributed by atoms with van der Waals surface area (Å²) in [6.07, 6.45) is 4.85. The zero-order chi connectivity index (χ0) is 36.8. The lowest BCUT2D eigenvalue weighted by Gasteiger charge is -2.44. The molecule has 12 heteroatoms. The van der Waals surface area contributed by atoms with Gasteiger partial charge < -0.3 is 14.4 Å². The van der Waals surface area contributed by atoms with Crippen molar-refractivity contribution < 1.29 is 19.1 Å². The van der Waals surface area contributed by atoms with Crippen LogP contribution in [0.1, 0.15) is 98.0 Å². The molecule has 1 unspecified atom stereocenters. The number of hydrogen-bond donors (Lipinski definition) is 1. The first-order chi connectivity index (χ1) is 24.7. The quantitative estimate of drug-likeness (QED) is 0.159. The van der Waals surface area contributed by atoms with Gasteiger partial charge in [-0.15, -0.1) is 5.10 Å². The van der Waals surface area contributed by atoms with Gasteiger partial charge in [-0.25, -0.2) is 19.4 Å². The van der Waals surface area contributed by atoms with E-state index in [4.69, 9.17) is 14.5 Å². The van der Waals surface area contributed by atoms with Gasteiger partial charge in [0.25, 0.3) is 5.91 Å². The molecule has 0 bridgehead atoms. The van der Waals surface area contributed by atoms with Gasteiger partial charge in [-0.2, -0.15) is 0 Å². The zero-order valence-corrected chi connectivity index (χ0v) is 31.9. The highest BCUT2D eigenvalue weighted by molar-refractivity contribution is 7.22. The number of ether oxygens (including phenoxy) is 2. The van der Waals surface area contributed by atoms with Crippen LogP contribution in [0.15, 0.2) is 54.6 Å². The molecule has 3 aromatic heterocycles. The molecule has 52 heavy (non-hydrogen) atoms. The molecule has 1 amide bonds. The number of nitrogens with one attached hydrogen (secondary N) is 1. The SMILES string of the molecule is COC1(Cn2nnc(-c3ccc(N4CCc5cccc(C(=O)Nc6nc7ccccc7s6)c5C4)nc3C(=O)OC(C)(C)C)c2C)CCCC(C)(C)C1. The normalized spacial score (nSPS) is 18.6. The van der Waals surface area contributed by atoms with Crippen molar-refractivity contribution in [2.24, 2.45) is 5.41 Å². The Morgan fingerprint density at radius 3 is 2.58 bits per heavy atom. The van der Waals surface area contributed by atoms with Crippen molar-refractivity contribution in [1.29, 1.82) is 0 Å². The Labute approximate surface area is 308 Å². The van der Waals surface area contributed by atoms with E-state index in [9.17, 15) is 9.59 Å². The molecular formula is C40H47N7O4S. The lowest BCUT2D eigenvalue weighted by atomic mass is 9.69. The maximum Gasteiger partial charge on any atom is 0.358 e. The number of esters is 1. The zero-order valence-electron chi connectivity index (χ0n) is 31.1. The first-order valence-corrected chi connectivity index (χ1v) is 18.8. The summed E-state index contributed by atoms with van der Waals surface area (Å²) in [7, 11) is 1.79. The molecule has 1 fully saturated rings. The number of para-hydroxylation sites is 1. The molecule has 2 aromatic carbocycles. The fourth-order valence-electron chi connectivity index (χ4n) is 7.72. The van der Waals surface area contributed by atoms with E-state index in [1.165, 1.54) is 11.3 Å². The number of fused-ring (bicyclic) bond motifs is 2. The van der Waals surface area contributed by atoms with Gasteiger partial charge in [0.2, 0.25) is 0 Å². The third-order valence-electron chi connectivity index (χ3n) is 10.2. The Bertz CT molecular complexity index is 2120. The molecule has 11 nitrogen and oxygen atoms in total. The van der Waals surface area contributed by atoms with Crippen LogP contribution in [0.5, 0.6) is 0 Å². The lowest BCUT2D eigenvalue weighted by Crippen LogP contribution is -2.44. The number of aromatic nitrogens is 5. The van der Waals surface area contributed by atoms with Crippen LogP contribution in [0.25, 0.3) is 21.5 Å². The number of anilines is 2. The Balaban J connectivity index is 1.18. The summed E-state index contributed by atoms with van der Waals surface area (Å²) in [6, 6.07) is 17.5. The molecule has 1 N–H and O–H groups in total. The highest BCUT2D eigenvalue weighted by atomic mass is 32.1. The van der Waals surface area contributed by atoms with E-state index in [1.54, 1.807) is 7.11 Å². The molecule has 2 aliphatic rings. The van der Waals surface area contributed by atoms with Crippen LogP contribution >= 0.6 is 11.3 Å². The van der Waals surface area contributed by atoms with Gasteiger partial charge in [0.1, 0.15) is 17.1 Å². The van der Waals surface area contributed by atoms with Gasteiger partial charge in [0.15, 0.2) is 10.8 Å². The number of benzene rings is 2. The van der Waals surface area contributed by atoms with Gasteiger partial charge in [0, 0.05) is 31.3 Å². The first kappa shape index (κ1) is 35.7. The molecule has 1 saturated carbocycles. The Kier molecular flexibility index (Phi) is 9.41. The van der Waals surface area contributed by atoms with Crippen molar-refractivity contribution in [3.63, 3.8) is 0 Å². The van der Waals surface area contributed by atoms with Gasteiger partial charge in [-0.1, -0.05) is 54.7 Å². The summed E-state index contributed by atoms with van der Waals surface area (Å²) in [5.74, 6) is -0.125. The number of rotatable bonds is 8. The first-order valence-electron chi connectivity index (χ1n) is 18.0. The highest BCUT2D eigenvalue weighted by Gasteiger charge is 2.41. The Morgan fingerprint density at radius 1 is 1.02 bits per heavy atom. The molecule has 1 aliphatic carbocycles. The smallest absolute Gasteiger partial charge is 0.358 e. The summed E-state index contributed by atoms with van der Waals surface area (Å²) in [4.78, 5) is 39.1. The number of carbonyl (C=O) groups is 2. The minimum Gasteiger partial charge on any atom is -0.455 e. The average molecular weight is 722 g/mol. The summed E-state index contributed by atoms with van der Waals surface area (Å²) < 4.78 is 15.0. The molecule has 1 atom stereocenters. The van der Waals surface area contributed by atoms with Crippen molar-refractivity contribution in [1.82, 2.24) is 25.0 Å². The average Bonchev–Trinajstić information content (AvgIpc) is 3.68. The van der Waals surface area contributed by atoms with Crippen molar-refractivity contribution >= 4 is 44.4 Å². The van der Waals surface area contributed by atoms with Crippen LogP contribution in [0.2, 0.25) is 0 Å². The van der Waals surface area contributed by atoms with E-state index in [2.05, 4.69) is 45.4 Å². The number of carbonyl (C=O) groups excluding carboxylic acids is 2. The van der Waals surface area contributed by atoms with Crippen LogP contribution < -0.4 is 10.2 Å². The van der Waals surface area contributed by atoms with Gasteiger partial charge in [0.05, 0.1) is 28.1 Å². The Morgan fingerprint density at radius 2 is 1.83 bits per heavy atom. The van der Waals surface area contributed by atoms with E-state index in [0.717, 1.165) is 52.7 Å². The lowest BCUT2D eigenvalue weighted by molar-refractivity contribution is -0.0857. The number of methoxy groups -OCH3 is 1. The third-order valence-corrected chi connectivity index (χ3v) is 11.2. The second-order valence-electron chi connectivity index (χ2n) is 15.9. The third kappa shape index (κ3) is 7.31. The van der Waals surface area contributed by atoms with Crippen LogP contribution in [0.4, 0.5) is 10.9 Å². The van der Waals surface area contributed by atoms with Crippen LogP contribution in [0, 0.1) is 12.3 Å². The monoisotopic (exact) mass is 721 g/mol. The van der Waals surface area contributed by atoms with Gasteiger partial charge in [-0.3, -0.25) is 10.1 Å². The van der Waals surface area contributed by atoms with Crippen molar-refractivity contribution in [3.8, 4) is 11.3 Å². The van der Waals surface area contributed by atoms with E-state index >= 15 is 0 Å². The predicted molar refractivity (Wildman–Crippen MR) is 204 cm³/mol. The van der Waals surface area contributed by atoms with Crippen molar-refractivity contribution in [2.75, 3.05) is 23.9 Å². The molecule has 7 rings (SSSR count). The van der Waals surface area contributed by atoms with Crippen LogP contribution in [0.3, 0.4) is 0 Å². The number of pyridine rings is 1. The predicted octanol–water partition coefficient (Wildman–Crippen LogP) is 8.01. The maximum absolute atomic E-state index is 13.8. The van der Waals surface area contributed by atoms with E-state index < -0.39 is 11.6 Å². The van der Waals surface area contributed by atoms with Crippen LogP contribution in [-0.4, -0.2) is 61.7 Å². The molecular weight excluding hydrogens is 675 g/mol. The van der Waals surface area contributed by atoms with Crippen molar-refractivity contribution in [3.05, 3.63) is 82.7 Å². The second-order valence-corrected chi connectivity index (χ2v) is 16.9. The summed E-state index contributed by atoms with van der Waals surface area (Å²) in [6.45, 7) is 13.8. The number of hydrogen-bond acceptors (Lipinski definition) is 10. The molecule has 272 valence electrons. The van der Waals surface area contributed by atoms with E-state index in [1.807, 2.05) is 80.9 Å². The van der Waals surface area contributed by atoms with Gasteiger partial charge in [-0.05, 0) is 107 Å². The molecule has 0 saturated heterocycles. The summed E-state index contributed by atoms with van der Waals surface area (Å²) >= 11 is 1.45. The summed E-state index contributed by atoms with van der Waals surface area (Å²) in [5, 5.41) is 12.7. The molecule has 1 aliphatic heterocycles. The largest absolute Gasteiger partial charge is 0.455 e. The molecule has 4 heterocycles. The molecule has 5 aromatic rings. The van der Waals surface area contributed by atoms with Crippen molar-refractivity contribution in [2.45, 2.75) is 97.9 Å². The number of thiazole rings is 1. The fourth-order valence-corrected chi connectivity index (χ4v) is 8.58. The topological polar surface area (TPSA) is 124 Å². The standard InChI is InChI=1S/C40H47N7O4S/c1-25-33(44-45-47(25)24-40(50-7)20-11-19-39(5,6)23-40)28-16-17-32(42-34(28)36(49)51-38(2,3)4)46-21-18-26-12-10-13-27(29(26)22-46)35(48)43-37-41-30-14-8-9-15-31(30)52-37/h8-10,12-17H,11,18-24H2,1-7H3,(H,41,43,48). The van der Waals surface area contributed by atoms with Crippen LogP contribution in [-0.2, 0) is 29.0 Å². The molecule has 0 spiro atoms. The minimum atomic E-state index is -0.729. The summed E-state index contributed by atoms with van der Waals surface area (Å²) in [5.41, 5.74) is 4.72. The Hall–Kier alpha value is -4.68. The number of nitrogens with zero attached hydrogens (tertiary/aromatic N) is 6. The van der Waals surface area contributed by atoms with E-state index in [0.29, 0.717) is 53.8 Å². The van der Waals surface area contributed by atoms with Gasteiger partial charge >= 0.3 is 5.97 Å². The maximum atomic E-state index is 13.8. The van der Waals surface area contributed by atoms with E-state index in [-0.39, 0.29) is 22.6 Å². The highest BCUT2D eigenvalue weighted by Crippen LogP contribution is 2.44. The number of amides is 1. The second kappa shape index (κ2) is 13.7. The fraction of sp³-hybridized carbons (Fsp3) is 0.450. The molecule has 0 radical (unpaired) electrons.